The summed E-state index contributed by atoms with van der Waals surface area (Å²) in [6, 6.07) is 8.31. The summed E-state index contributed by atoms with van der Waals surface area (Å²) >= 11 is 0. The number of nitrogens with zero attached hydrogens (tertiary/aromatic N) is 2. The lowest BCUT2D eigenvalue weighted by molar-refractivity contribution is -0.117. The van der Waals surface area contributed by atoms with Crippen LogP contribution in [-0.2, 0) is 4.79 Å². The van der Waals surface area contributed by atoms with Gasteiger partial charge in [-0.15, -0.1) is 0 Å². The topological polar surface area (TPSA) is 54.9 Å². The first kappa shape index (κ1) is 13.4. The molecule has 0 aliphatic heterocycles. The largest absolute Gasteiger partial charge is 0.323 e. The predicted molar refractivity (Wildman–Crippen MR) is 84.7 cm³/mol. The molecule has 2 aliphatic carbocycles. The van der Waals surface area contributed by atoms with E-state index in [0.717, 1.165) is 12.2 Å². The molecule has 0 bridgehead atoms. The van der Waals surface area contributed by atoms with Gasteiger partial charge in [-0.2, -0.15) is 0 Å². The number of rotatable bonds is 4. The number of nitrogens with one attached hydrogen (secondary N) is 1. The molecule has 22 heavy (non-hydrogen) atoms. The molecule has 2 aromatic rings. The Kier molecular flexibility index (Phi) is 3.17. The van der Waals surface area contributed by atoms with Crippen LogP contribution in [0.2, 0.25) is 0 Å². The van der Waals surface area contributed by atoms with E-state index in [1.165, 1.54) is 24.0 Å². The average Bonchev–Trinajstić information content (AvgIpc) is 3.41. The molecule has 1 aromatic carbocycles. The van der Waals surface area contributed by atoms with E-state index in [4.69, 9.17) is 0 Å². The molecule has 0 radical (unpaired) electrons. The van der Waals surface area contributed by atoms with Gasteiger partial charge in [0.15, 0.2) is 0 Å². The van der Waals surface area contributed by atoms with E-state index in [9.17, 15) is 4.79 Å². The van der Waals surface area contributed by atoms with Gasteiger partial charge in [-0.3, -0.25) is 4.79 Å². The summed E-state index contributed by atoms with van der Waals surface area (Å²) in [5.41, 5.74) is 3.26. The molecule has 1 N–H and O–H groups in total. The molecule has 1 amide bonds. The van der Waals surface area contributed by atoms with Crippen molar-refractivity contribution in [2.45, 2.75) is 38.0 Å². The van der Waals surface area contributed by atoms with E-state index >= 15 is 0 Å². The molecule has 2 aliphatic rings. The Bertz CT molecular complexity index is 707. The number of aromatic nitrogens is 2. The molecule has 2 fully saturated rings. The molecule has 0 unspecified atom stereocenters. The van der Waals surface area contributed by atoms with Crippen LogP contribution in [0.25, 0.3) is 0 Å². The van der Waals surface area contributed by atoms with E-state index in [-0.39, 0.29) is 11.8 Å². The zero-order valence-corrected chi connectivity index (χ0v) is 12.6. The molecule has 0 spiro atoms. The maximum atomic E-state index is 12.3. The fourth-order valence-corrected chi connectivity index (χ4v) is 3.02. The van der Waals surface area contributed by atoms with E-state index in [2.05, 4.69) is 34.3 Å². The lowest BCUT2D eigenvalue weighted by Crippen LogP contribution is -2.15. The highest BCUT2D eigenvalue weighted by molar-refractivity contribution is 5.95. The number of amides is 1. The van der Waals surface area contributed by atoms with Gasteiger partial charge in [-0.1, -0.05) is 24.3 Å². The predicted octanol–water partition coefficient (Wildman–Crippen LogP) is 3.40. The Balaban J connectivity index is 1.40. The summed E-state index contributed by atoms with van der Waals surface area (Å²) in [6.45, 7) is 2.10. The lowest BCUT2D eigenvalue weighted by atomic mass is 10.0. The molecule has 4 heteroatoms. The Hall–Kier alpha value is -2.23. The molecule has 112 valence electrons. The van der Waals surface area contributed by atoms with Gasteiger partial charge in [0.05, 0.1) is 18.1 Å². The molecular weight excluding hydrogens is 274 g/mol. The third-order valence-electron chi connectivity index (χ3n) is 4.60. The molecule has 4 rings (SSSR count). The molecule has 1 heterocycles. The van der Waals surface area contributed by atoms with Crippen LogP contribution in [0, 0.1) is 12.8 Å². The first-order chi connectivity index (χ1) is 10.7. The van der Waals surface area contributed by atoms with Crippen LogP contribution in [0.15, 0.2) is 36.7 Å². The molecule has 2 saturated carbocycles. The van der Waals surface area contributed by atoms with Gasteiger partial charge in [0.2, 0.25) is 5.91 Å². The fraction of sp³-hybridized carbons (Fsp3) is 0.389. The van der Waals surface area contributed by atoms with E-state index in [0.29, 0.717) is 17.5 Å². The Morgan fingerprint density at radius 2 is 1.91 bits per heavy atom. The van der Waals surface area contributed by atoms with Crippen molar-refractivity contribution in [1.29, 1.82) is 0 Å². The monoisotopic (exact) mass is 293 g/mol. The van der Waals surface area contributed by atoms with Crippen molar-refractivity contribution in [2.24, 2.45) is 5.92 Å². The summed E-state index contributed by atoms with van der Waals surface area (Å²) < 4.78 is 0. The third kappa shape index (κ3) is 2.61. The Morgan fingerprint density at radius 1 is 1.18 bits per heavy atom. The lowest BCUT2D eigenvalue weighted by Gasteiger charge is -2.06. The minimum Gasteiger partial charge on any atom is -0.323 e. The first-order valence-corrected chi connectivity index (χ1v) is 7.90. The van der Waals surface area contributed by atoms with Crippen LogP contribution in [-0.4, -0.2) is 15.9 Å². The molecule has 4 nitrogen and oxygen atoms in total. The third-order valence-corrected chi connectivity index (χ3v) is 4.60. The number of hydrogen-bond acceptors (Lipinski definition) is 3. The minimum absolute atomic E-state index is 0.0733. The van der Waals surface area contributed by atoms with Gasteiger partial charge in [0.25, 0.3) is 0 Å². The van der Waals surface area contributed by atoms with Gasteiger partial charge < -0.3 is 5.32 Å². The van der Waals surface area contributed by atoms with Crippen molar-refractivity contribution in [1.82, 2.24) is 9.97 Å². The second kappa shape index (κ2) is 5.20. The maximum absolute atomic E-state index is 12.3. The maximum Gasteiger partial charge on any atom is 0.228 e. The number of aryl methyl sites for hydroxylation is 1. The minimum atomic E-state index is 0.0733. The highest BCUT2D eigenvalue weighted by atomic mass is 16.2. The van der Waals surface area contributed by atoms with Gasteiger partial charge in [0.1, 0.15) is 5.82 Å². The number of carbonyl (C=O) groups is 1. The number of benzene rings is 1. The Morgan fingerprint density at radius 3 is 2.59 bits per heavy atom. The normalized spacial score (nSPS) is 23.1. The summed E-state index contributed by atoms with van der Waals surface area (Å²) in [6.07, 6.45) is 6.75. The number of carbonyl (C=O) groups excluding carboxylic acids is 1. The summed E-state index contributed by atoms with van der Waals surface area (Å²) in [5.74, 6) is 1.95. The van der Waals surface area contributed by atoms with Gasteiger partial charge in [0, 0.05) is 11.8 Å². The standard InChI is InChI=1S/C18H19N3O/c1-11-4-2-3-5-14(11)15-8-16(15)18(22)21-13-9-19-17(20-10-13)12-6-7-12/h2-5,9-10,12,15-16H,6-8H2,1H3,(H,21,22)/t15-,16+/m0/s1. The SMILES string of the molecule is Cc1ccccc1[C@@H]1C[C@H]1C(=O)Nc1cnc(C2CC2)nc1. The summed E-state index contributed by atoms with van der Waals surface area (Å²) in [5, 5.41) is 2.95. The van der Waals surface area contributed by atoms with Crippen LogP contribution in [0.5, 0.6) is 0 Å². The van der Waals surface area contributed by atoms with Crippen LogP contribution in [0.1, 0.15) is 48.0 Å². The first-order valence-electron chi connectivity index (χ1n) is 7.90. The quantitative estimate of drug-likeness (QED) is 0.940. The zero-order chi connectivity index (χ0) is 15.1. The second-order valence-electron chi connectivity index (χ2n) is 6.40. The molecule has 0 saturated heterocycles. The number of anilines is 1. The fourth-order valence-electron chi connectivity index (χ4n) is 3.02. The van der Waals surface area contributed by atoms with Crippen molar-refractivity contribution < 1.29 is 4.79 Å². The summed E-state index contributed by atoms with van der Waals surface area (Å²) in [4.78, 5) is 21.0. The molecular formula is C18H19N3O. The van der Waals surface area contributed by atoms with Crippen molar-refractivity contribution in [2.75, 3.05) is 5.32 Å². The second-order valence-corrected chi connectivity index (χ2v) is 6.40. The van der Waals surface area contributed by atoms with Crippen molar-refractivity contribution in [3.63, 3.8) is 0 Å². The van der Waals surface area contributed by atoms with Gasteiger partial charge >= 0.3 is 0 Å². The van der Waals surface area contributed by atoms with Crippen molar-refractivity contribution in [3.8, 4) is 0 Å². The molecule has 2 atom stereocenters. The summed E-state index contributed by atoms with van der Waals surface area (Å²) in [7, 11) is 0. The van der Waals surface area contributed by atoms with Crippen LogP contribution >= 0.6 is 0 Å². The van der Waals surface area contributed by atoms with Crippen LogP contribution in [0.3, 0.4) is 0 Å². The van der Waals surface area contributed by atoms with Crippen LogP contribution < -0.4 is 5.32 Å². The molecule has 1 aromatic heterocycles. The van der Waals surface area contributed by atoms with E-state index < -0.39 is 0 Å². The van der Waals surface area contributed by atoms with E-state index in [1.54, 1.807) is 12.4 Å². The van der Waals surface area contributed by atoms with Gasteiger partial charge in [-0.05, 0) is 43.2 Å². The smallest absolute Gasteiger partial charge is 0.228 e. The highest BCUT2D eigenvalue weighted by Crippen LogP contribution is 2.49. The zero-order valence-electron chi connectivity index (χ0n) is 12.6. The highest BCUT2D eigenvalue weighted by Gasteiger charge is 2.44. The number of hydrogen-bond donors (Lipinski definition) is 1. The average molecular weight is 293 g/mol. The van der Waals surface area contributed by atoms with Crippen molar-refractivity contribution >= 4 is 11.6 Å². The van der Waals surface area contributed by atoms with Crippen molar-refractivity contribution in [3.05, 3.63) is 53.6 Å². The van der Waals surface area contributed by atoms with Crippen LogP contribution in [0.4, 0.5) is 5.69 Å². The van der Waals surface area contributed by atoms with Gasteiger partial charge in [-0.25, -0.2) is 9.97 Å². The Labute approximate surface area is 130 Å². The van der Waals surface area contributed by atoms with E-state index in [1.807, 2.05) is 12.1 Å².